The van der Waals surface area contributed by atoms with Gasteiger partial charge >= 0.3 is 0 Å². The summed E-state index contributed by atoms with van der Waals surface area (Å²) in [4.78, 5) is 0. The molecule has 0 radical (unpaired) electrons. The predicted molar refractivity (Wildman–Crippen MR) is 81.4 cm³/mol. The van der Waals surface area contributed by atoms with Gasteiger partial charge in [-0.1, -0.05) is 6.07 Å². The van der Waals surface area contributed by atoms with Crippen LogP contribution in [0.15, 0.2) is 30.5 Å². The average molecular weight is 273 g/mol. The van der Waals surface area contributed by atoms with Gasteiger partial charge in [-0.3, -0.25) is 0 Å². The third kappa shape index (κ3) is 3.39. The van der Waals surface area contributed by atoms with Crippen molar-refractivity contribution in [2.24, 2.45) is 0 Å². The molecule has 0 saturated carbocycles. The van der Waals surface area contributed by atoms with E-state index in [1.807, 2.05) is 35.1 Å². The van der Waals surface area contributed by atoms with E-state index in [1.54, 1.807) is 7.11 Å². The smallest absolute Gasteiger partial charge is 0.121 e. The molecule has 0 saturated heterocycles. The van der Waals surface area contributed by atoms with Crippen molar-refractivity contribution in [1.82, 2.24) is 15.1 Å². The van der Waals surface area contributed by atoms with E-state index in [1.165, 1.54) is 5.56 Å². The van der Waals surface area contributed by atoms with Gasteiger partial charge in [-0.15, -0.1) is 0 Å². The molecule has 4 heteroatoms. The van der Waals surface area contributed by atoms with Crippen molar-refractivity contribution in [3.05, 3.63) is 41.7 Å². The third-order valence-corrected chi connectivity index (χ3v) is 3.22. The summed E-state index contributed by atoms with van der Waals surface area (Å²) in [6, 6.07) is 7.93. The van der Waals surface area contributed by atoms with Gasteiger partial charge in [0.05, 0.1) is 19.0 Å². The van der Waals surface area contributed by atoms with E-state index in [2.05, 4.69) is 38.1 Å². The topological polar surface area (TPSA) is 39.1 Å². The first-order chi connectivity index (χ1) is 9.40. The molecule has 1 heterocycles. The number of rotatable bonds is 4. The first-order valence-electron chi connectivity index (χ1n) is 6.83. The first-order valence-corrected chi connectivity index (χ1v) is 6.83. The van der Waals surface area contributed by atoms with Gasteiger partial charge in [0.2, 0.25) is 0 Å². The fraction of sp³-hybridized carbons (Fsp3) is 0.438. The maximum atomic E-state index is 5.26. The Labute approximate surface area is 120 Å². The quantitative estimate of drug-likeness (QED) is 0.930. The molecule has 0 aliphatic carbocycles. The van der Waals surface area contributed by atoms with Crippen LogP contribution in [0.3, 0.4) is 0 Å². The highest BCUT2D eigenvalue weighted by Gasteiger charge is 2.12. The Bertz CT molecular complexity index is 582. The van der Waals surface area contributed by atoms with Crippen molar-refractivity contribution in [2.75, 3.05) is 7.11 Å². The third-order valence-electron chi connectivity index (χ3n) is 3.22. The standard InChI is InChI=1S/C16H23N3O/c1-12-13(10-17-16(2,3)4)11-18-19(12)14-7-6-8-15(9-14)20-5/h6-9,11,17H,10H2,1-5H3. The molecular weight excluding hydrogens is 250 g/mol. The number of hydrogen-bond acceptors (Lipinski definition) is 3. The largest absolute Gasteiger partial charge is 0.497 e. The Balaban J connectivity index is 2.23. The molecule has 0 aliphatic heterocycles. The number of ether oxygens (including phenoxy) is 1. The summed E-state index contributed by atoms with van der Waals surface area (Å²) in [5, 5.41) is 7.97. The molecule has 0 spiro atoms. The van der Waals surface area contributed by atoms with Gasteiger partial charge in [0, 0.05) is 29.4 Å². The van der Waals surface area contributed by atoms with Crippen LogP contribution in [0.4, 0.5) is 0 Å². The summed E-state index contributed by atoms with van der Waals surface area (Å²) >= 11 is 0. The zero-order chi connectivity index (χ0) is 14.8. The molecule has 108 valence electrons. The highest BCUT2D eigenvalue weighted by atomic mass is 16.5. The van der Waals surface area contributed by atoms with E-state index < -0.39 is 0 Å². The van der Waals surface area contributed by atoms with Gasteiger partial charge in [0.15, 0.2) is 0 Å². The minimum absolute atomic E-state index is 0.102. The number of hydrogen-bond donors (Lipinski definition) is 1. The van der Waals surface area contributed by atoms with Crippen LogP contribution >= 0.6 is 0 Å². The number of nitrogens with zero attached hydrogens (tertiary/aromatic N) is 2. The fourth-order valence-electron chi connectivity index (χ4n) is 1.98. The van der Waals surface area contributed by atoms with E-state index >= 15 is 0 Å². The normalized spacial score (nSPS) is 11.7. The molecular formula is C16H23N3O. The molecule has 0 fully saturated rings. The number of nitrogens with one attached hydrogen (secondary N) is 1. The van der Waals surface area contributed by atoms with Crippen molar-refractivity contribution >= 4 is 0 Å². The van der Waals surface area contributed by atoms with Crippen LogP contribution in [0.25, 0.3) is 5.69 Å². The van der Waals surface area contributed by atoms with Gasteiger partial charge in [-0.25, -0.2) is 4.68 Å². The van der Waals surface area contributed by atoms with Crippen LogP contribution in [-0.2, 0) is 6.54 Å². The highest BCUT2D eigenvalue weighted by Crippen LogP contribution is 2.19. The van der Waals surface area contributed by atoms with Crippen molar-refractivity contribution in [1.29, 1.82) is 0 Å². The predicted octanol–water partition coefficient (Wildman–Crippen LogP) is 3.08. The lowest BCUT2D eigenvalue weighted by molar-refractivity contribution is 0.414. The molecule has 1 N–H and O–H groups in total. The minimum atomic E-state index is 0.102. The van der Waals surface area contributed by atoms with Crippen molar-refractivity contribution < 1.29 is 4.74 Å². The molecule has 4 nitrogen and oxygen atoms in total. The second-order valence-corrected chi connectivity index (χ2v) is 5.97. The van der Waals surface area contributed by atoms with Crippen LogP contribution in [0.1, 0.15) is 32.0 Å². The van der Waals surface area contributed by atoms with E-state index in [0.29, 0.717) is 0 Å². The van der Waals surface area contributed by atoms with Gasteiger partial charge in [-0.05, 0) is 39.8 Å². The number of benzene rings is 1. The summed E-state index contributed by atoms with van der Waals surface area (Å²) in [6.45, 7) is 9.39. The SMILES string of the molecule is COc1cccc(-n2ncc(CNC(C)(C)C)c2C)c1. The van der Waals surface area contributed by atoms with E-state index in [-0.39, 0.29) is 5.54 Å². The molecule has 0 bridgehead atoms. The van der Waals surface area contributed by atoms with Gasteiger partial charge in [-0.2, -0.15) is 5.10 Å². The van der Waals surface area contributed by atoms with Crippen molar-refractivity contribution in [3.8, 4) is 11.4 Å². The Morgan fingerprint density at radius 2 is 2.05 bits per heavy atom. The zero-order valence-electron chi connectivity index (χ0n) is 12.9. The molecule has 0 amide bonds. The molecule has 0 aliphatic rings. The average Bonchev–Trinajstić information content (AvgIpc) is 2.77. The number of methoxy groups -OCH3 is 1. The van der Waals surface area contributed by atoms with Crippen molar-refractivity contribution in [3.63, 3.8) is 0 Å². The van der Waals surface area contributed by atoms with E-state index in [0.717, 1.165) is 23.7 Å². The van der Waals surface area contributed by atoms with Crippen LogP contribution < -0.4 is 10.1 Å². The first kappa shape index (κ1) is 14.6. The molecule has 0 atom stereocenters. The minimum Gasteiger partial charge on any atom is -0.497 e. The molecule has 0 unspecified atom stereocenters. The summed E-state index contributed by atoms with van der Waals surface area (Å²) < 4.78 is 7.21. The summed E-state index contributed by atoms with van der Waals surface area (Å²) in [6.07, 6.45) is 1.92. The Morgan fingerprint density at radius 3 is 2.70 bits per heavy atom. The van der Waals surface area contributed by atoms with Crippen LogP contribution in [0.2, 0.25) is 0 Å². The van der Waals surface area contributed by atoms with Gasteiger partial charge in [0.25, 0.3) is 0 Å². The highest BCUT2D eigenvalue weighted by molar-refractivity contribution is 5.40. The lowest BCUT2D eigenvalue weighted by atomic mass is 10.1. The maximum Gasteiger partial charge on any atom is 0.121 e. The van der Waals surface area contributed by atoms with Crippen LogP contribution in [0, 0.1) is 6.92 Å². The molecule has 2 rings (SSSR count). The molecule has 1 aromatic carbocycles. The lowest BCUT2D eigenvalue weighted by Crippen LogP contribution is -2.35. The summed E-state index contributed by atoms with van der Waals surface area (Å²) in [5.74, 6) is 0.840. The van der Waals surface area contributed by atoms with E-state index in [4.69, 9.17) is 4.74 Å². The Hall–Kier alpha value is -1.81. The maximum absolute atomic E-state index is 5.26. The summed E-state index contributed by atoms with van der Waals surface area (Å²) in [5.41, 5.74) is 3.48. The van der Waals surface area contributed by atoms with Crippen LogP contribution in [0.5, 0.6) is 5.75 Å². The van der Waals surface area contributed by atoms with Crippen molar-refractivity contribution in [2.45, 2.75) is 39.8 Å². The monoisotopic (exact) mass is 273 g/mol. The fourth-order valence-corrected chi connectivity index (χ4v) is 1.98. The second-order valence-electron chi connectivity index (χ2n) is 5.97. The Kier molecular flexibility index (Phi) is 4.14. The second kappa shape index (κ2) is 5.67. The van der Waals surface area contributed by atoms with E-state index in [9.17, 15) is 0 Å². The molecule has 2 aromatic rings. The zero-order valence-corrected chi connectivity index (χ0v) is 12.9. The number of aromatic nitrogens is 2. The van der Waals surface area contributed by atoms with Crippen LogP contribution in [-0.4, -0.2) is 22.4 Å². The lowest BCUT2D eigenvalue weighted by Gasteiger charge is -2.20. The summed E-state index contributed by atoms with van der Waals surface area (Å²) in [7, 11) is 1.67. The van der Waals surface area contributed by atoms with Gasteiger partial charge in [0.1, 0.15) is 5.75 Å². The van der Waals surface area contributed by atoms with Gasteiger partial charge < -0.3 is 10.1 Å². The Morgan fingerprint density at radius 1 is 1.30 bits per heavy atom. The molecule has 1 aromatic heterocycles. The molecule has 20 heavy (non-hydrogen) atoms.